The molecular formula is C18H35IN6O2. The van der Waals surface area contributed by atoms with Gasteiger partial charge in [0, 0.05) is 52.4 Å². The van der Waals surface area contributed by atoms with E-state index in [0.29, 0.717) is 18.6 Å². The maximum absolute atomic E-state index is 12.0. The Labute approximate surface area is 180 Å². The van der Waals surface area contributed by atoms with E-state index in [4.69, 9.17) is 0 Å². The summed E-state index contributed by atoms with van der Waals surface area (Å²) in [6.45, 7) is 8.09. The number of nitrogens with one attached hydrogen (secondary N) is 2. The van der Waals surface area contributed by atoms with Gasteiger partial charge in [0.1, 0.15) is 6.54 Å². The Morgan fingerprint density at radius 3 is 2.33 bits per heavy atom. The summed E-state index contributed by atoms with van der Waals surface area (Å²) in [4.78, 5) is 34.3. The zero-order chi connectivity index (χ0) is 19.1. The molecule has 1 atom stereocenters. The third-order valence-electron chi connectivity index (χ3n) is 4.83. The first-order valence-corrected chi connectivity index (χ1v) is 9.66. The van der Waals surface area contributed by atoms with Gasteiger partial charge in [0.15, 0.2) is 5.96 Å². The lowest BCUT2D eigenvalue weighted by Crippen LogP contribution is -2.55. The summed E-state index contributed by atoms with van der Waals surface area (Å²) in [5.74, 6) is 0.907. The molecule has 1 saturated carbocycles. The summed E-state index contributed by atoms with van der Waals surface area (Å²) in [6.07, 6.45) is 3.22. The highest BCUT2D eigenvalue weighted by Gasteiger charge is 2.26. The molecule has 0 spiro atoms. The van der Waals surface area contributed by atoms with Crippen LogP contribution in [0.2, 0.25) is 0 Å². The first-order chi connectivity index (χ1) is 12.4. The van der Waals surface area contributed by atoms with Gasteiger partial charge in [-0.2, -0.15) is 0 Å². The summed E-state index contributed by atoms with van der Waals surface area (Å²) in [5, 5.41) is 6.47. The molecule has 0 aromatic rings. The lowest BCUT2D eigenvalue weighted by Gasteiger charge is -2.37. The number of piperazine rings is 1. The van der Waals surface area contributed by atoms with Crippen molar-refractivity contribution in [2.45, 2.75) is 45.2 Å². The molecule has 0 radical (unpaired) electrons. The average molecular weight is 494 g/mol. The molecule has 9 heteroatoms. The molecule has 27 heavy (non-hydrogen) atoms. The van der Waals surface area contributed by atoms with E-state index in [1.54, 1.807) is 19.0 Å². The van der Waals surface area contributed by atoms with Crippen molar-refractivity contribution in [2.75, 3.05) is 53.4 Å². The molecule has 1 heterocycles. The minimum Gasteiger partial charge on any atom is -0.354 e. The van der Waals surface area contributed by atoms with Gasteiger partial charge in [-0.25, -0.2) is 4.99 Å². The van der Waals surface area contributed by atoms with Crippen LogP contribution in [-0.2, 0) is 9.59 Å². The van der Waals surface area contributed by atoms with Crippen LogP contribution in [0.3, 0.4) is 0 Å². The number of amides is 2. The average Bonchev–Trinajstić information content (AvgIpc) is 3.42. The molecule has 8 nitrogen and oxygen atoms in total. The molecule has 0 aromatic carbocycles. The van der Waals surface area contributed by atoms with Crippen LogP contribution in [0.25, 0.3) is 0 Å². The second kappa shape index (κ2) is 11.7. The molecule has 2 rings (SSSR count). The number of guanidine groups is 1. The number of aliphatic imine (C=N–C) groups is 1. The van der Waals surface area contributed by atoms with E-state index < -0.39 is 0 Å². The van der Waals surface area contributed by atoms with E-state index in [1.165, 1.54) is 0 Å². The van der Waals surface area contributed by atoms with Crippen LogP contribution in [0.5, 0.6) is 0 Å². The predicted molar refractivity (Wildman–Crippen MR) is 118 cm³/mol. The number of carbonyl (C=O) groups is 2. The van der Waals surface area contributed by atoms with Gasteiger partial charge in [-0.1, -0.05) is 6.92 Å². The third kappa shape index (κ3) is 8.63. The highest BCUT2D eigenvalue weighted by atomic mass is 127. The first kappa shape index (κ1) is 23.9. The monoisotopic (exact) mass is 494 g/mol. The van der Waals surface area contributed by atoms with E-state index in [0.717, 1.165) is 51.4 Å². The molecule has 2 fully saturated rings. The van der Waals surface area contributed by atoms with Crippen LogP contribution < -0.4 is 10.6 Å². The lowest BCUT2D eigenvalue weighted by molar-refractivity contribution is -0.127. The van der Waals surface area contributed by atoms with Crippen molar-refractivity contribution in [1.82, 2.24) is 25.3 Å². The standard InChI is InChI=1S/C18H34N6O2.HI/c1-5-14(2)20-18(19-12-17(26)22(3)4)24-10-8-23(9-11-24)13-16(25)21-15-6-7-15;/h14-15H,5-13H2,1-4H3,(H,19,20)(H,21,25);1H. The number of hydrogen-bond donors (Lipinski definition) is 2. The van der Waals surface area contributed by atoms with Gasteiger partial charge >= 0.3 is 0 Å². The number of carbonyl (C=O) groups excluding carboxylic acids is 2. The van der Waals surface area contributed by atoms with Gasteiger partial charge in [0.05, 0.1) is 6.54 Å². The van der Waals surface area contributed by atoms with Gasteiger partial charge in [-0.3, -0.25) is 14.5 Å². The lowest BCUT2D eigenvalue weighted by atomic mass is 10.2. The van der Waals surface area contributed by atoms with Gasteiger partial charge in [0.25, 0.3) is 0 Å². The van der Waals surface area contributed by atoms with Crippen LogP contribution in [0.4, 0.5) is 0 Å². The van der Waals surface area contributed by atoms with E-state index in [9.17, 15) is 9.59 Å². The summed E-state index contributed by atoms with van der Waals surface area (Å²) in [7, 11) is 3.48. The van der Waals surface area contributed by atoms with Crippen molar-refractivity contribution in [1.29, 1.82) is 0 Å². The van der Waals surface area contributed by atoms with Crippen LogP contribution in [-0.4, -0.2) is 97.9 Å². The summed E-state index contributed by atoms with van der Waals surface area (Å²) < 4.78 is 0. The fourth-order valence-electron chi connectivity index (χ4n) is 2.67. The normalized spacial score (nSPS) is 19.1. The van der Waals surface area contributed by atoms with Crippen LogP contribution in [0, 0.1) is 0 Å². The SMILES string of the molecule is CCC(C)NC(=NCC(=O)N(C)C)N1CCN(CC(=O)NC2CC2)CC1.I. The van der Waals surface area contributed by atoms with Crippen LogP contribution >= 0.6 is 24.0 Å². The van der Waals surface area contributed by atoms with Crippen LogP contribution in [0.1, 0.15) is 33.1 Å². The van der Waals surface area contributed by atoms with Crippen molar-refractivity contribution in [3.8, 4) is 0 Å². The van der Waals surface area contributed by atoms with Gasteiger partial charge in [-0.05, 0) is 26.2 Å². The Morgan fingerprint density at radius 2 is 1.81 bits per heavy atom. The number of likely N-dealkylation sites (N-methyl/N-ethyl adjacent to an activating group) is 1. The van der Waals surface area contributed by atoms with Crippen molar-refractivity contribution < 1.29 is 9.59 Å². The Hall–Kier alpha value is -1.10. The second-order valence-electron chi connectivity index (χ2n) is 7.49. The molecule has 156 valence electrons. The molecule has 1 aliphatic carbocycles. The highest BCUT2D eigenvalue weighted by Crippen LogP contribution is 2.18. The number of halogens is 1. The van der Waals surface area contributed by atoms with E-state index in [2.05, 4.69) is 39.3 Å². The van der Waals surface area contributed by atoms with Gasteiger partial charge < -0.3 is 20.4 Å². The third-order valence-corrected chi connectivity index (χ3v) is 4.83. The molecule has 2 N–H and O–H groups in total. The van der Waals surface area contributed by atoms with E-state index in [1.807, 2.05) is 0 Å². The minimum atomic E-state index is -0.0103. The molecular weight excluding hydrogens is 459 g/mol. The topological polar surface area (TPSA) is 80.3 Å². The van der Waals surface area contributed by atoms with E-state index >= 15 is 0 Å². The number of hydrogen-bond acceptors (Lipinski definition) is 4. The number of nitrogens with zero attached hydrogens (tertiary/aromatic N) is 4. The molecule has 1 unspecified atom stereocenters. The molecule has 1 aliphatic heterocycles. The predicted octanol–water partition coefficient (Wildman–Crippen LogP) is 0.333. The molecule has 0 bridgehead atoms. The molecule has 0 aromatic heterocycles. The summed E-state index contributed by atoms with van der Waals surface area (Å²) >= 11 is 0. The fraction of sp³-hybridized carbons (Fsp3) is 0.833. The Kier molecular flexibility index (Phi) is 10.4. The van der Waals surface area contributed by atoms with Crippen molar-refractivity contribution >= 4 is 41.8 Å². The Bertz CT molecular complexity index is 516. The smallest absolute Gasteiger partial charge is 0.243 e. The zero-order valence-corrected chi connectivity index (χ0v) is 19.4. The summed E-state index contributed by atoms with van der Waals surface area (Å²) in [5.41, 5.74) is 0. The second-order valence-corrected chi connectivity index (χ2v) is 7.49. The van der Waals surface area contributed by atoms with E-state index in [-0.39, 0.29) is 42.3 Å². The fourth-order valence-corrected chi connectivity index (χ4v) is 2.67. The molecule has 1 saturated heterocycles. The van der Waals surface area contributed by atoms with Gasteiger partial charge in [-0.15, -0.1) is 24.0 Å². The highest BCUT2D eigenvalue weighted by molar-refractivity contribution is 14.0. The molecule has 2 amide bonds. The quantitative estimate of drug-likeness (QED) is 0.303. The van der Waals surface area contributed by atoms with Crippen LogP contribution in [0.15, 0.2) is 4.99 Å². The van der Waals surface area contributed by atoms with Crippen molar-refractivity contribution in [3.05, 3.63) is 0 Å². The van der Waals surface area contributed by atoms with Gasteiger partial charge in [0.2, 0.25) is 11.8 Å². The maximum Gasteiger partial charge on any atom is 0.243 e. The minimum absolute atomic E-state index is 0. The largest absolute Gasteiger partial charge is 0.354 e. The Morgan fingerprint density at radius 1 is 1.19 bits per heavy atom. The first-order valence-electron chi connectivity index (χ1n) is 9.66. The zero-order valence-electron chi connectivity index (χ0n) is 17.0. The number of rotatable bonds is 7. The maximum atomic E-state index is 12.0. The van der Waals surface area contributed by atoms with Crippen molar-refractivity contribution in [2.24, 2.45) is 4.99 Å². The summed E-state index contributed by atoms with van der Waals surface area (Å²) in [6, 6.07) is 0.710. The Balaban J connectivity index is 0.00000364. The van der Waals surface area contributed by atoms with Crippen molar-refractivity contribution in [3.63, 3.8) is 0 Å². The molecule has 2 aliphatic rings.